The average molecular weight is 285 g/mol. The van der Waals surface area contributed by atoms with Gasteiger partial charge in [-0.15, -0.1) is 0 Å². The monoisotopic (exact) mass is 285 g/mol. The van der Waals surface area contributed by atoms with Crippen molar-refractivity contribution in [2.75, 3.05) is 13.7 Å². The predicted octanol–water partition coefficient (Wildman–Crippen LogP) is 2.95. The Morgan fingerprint density at radius 2 is 1.71 bits per heavy atom. The minimum atomic E-state index is -0.570. The first-order valence-corrected chi connectivity index (χ1v) is 7.29. The summed E-state index contributed by atoms with van der Waals surface area (Å²) in [5.74, 6) is 0.725. The summed E-state index contributed by atoms with van der Waals surface area (Å²) in [6, 6.07) is 18.2. The van der Waals surface area contributed by atoms with E-state index in [1.165, 1.54) is 5.56 Å². The summed E-state index contributed by atoms with van der Waals surface area (Å²) >= 11 is 0. The molecule has 0 unspecified atom stereocenters. The van der Waals surface area contributed by atoms with Crippen molar-refractivity contribution >= 4 is 0 Å². The van der Waals surface area contributed by atoms with Crippen molar-refractivity contribution in [3.8, 4) is 5.75 Å². The molecule has 0 aromatic heterocycles. The van der Waals surface area contributed by atoms with Crippen molar-refractivity contribution in [1.29, 1.82) is 0 Å². The average Bonchev–Trinajstić information content (AvgIpc) is 2.53. The number of hydrogen-bond donors (Lipinski definition) is 2. The van der Waals surface area contributed by atoms with Crippen LogP contribution in [-0.4, -0.2) is 24.8 Å². The highest BCUT2D eigenvalue weighted by molar-refractivity contribution is 5.35. The van der Waals surface area contributed by atoms with Crippen LogP contribution in [0.2, 0.25) is 0 Å². The third kappa shape index (κ3) is 4.59. The second-order valence-corrected chi connectivity index (χ2v) is 5.26. The SMILES string of the molecule is COc1ccccc1[C@@H](O)CN[C@H](C)Cc1ccccc1. The largest absolute Gasteiger partial charge is 0.496 e. The normalized spacial score (nSPS) is 13.7. The number of nitrogens with one attached hydrogen (secondary N) is 1. The van der Waals surface area contributed by atoms with Crippen molar-refractivity contribution in [3.63, 3.8) is 0 Å². The number of methoxy groups -OCH3 is 1. The van der Waals surface area contributed by atoms with E-state index < -0.39 is 6.10 Å². The maximum Gasteiger partial charge on any atom is 0.124 e. The number of rotatable bonds is 7. The number of aliphatic hydroxyl groups is 1. The van der Waals surface area contributed by atoms with Crippen LogP contribution in [0.1, 0.15) is 24.2 Å². The lowest BCUT2D eigenvalue weighted by Crippen LogP contribution is -2.32. The molecule has 2 N–H and O–H groups in total. The molecule has 3 nitrogen and oxygen atoms in total. The Morgan fingerprint density at radius 3 is 2.43 bits per heavy atom. The van der Waals surface area contributed by atoms with E-state index >= 15 is 0 Å². The zero-order valence-electron chi connectivity index (χ0n) is 12.6. The molecule has 0 aliphatic carbocycles. The molecule has 0 heterocycles. The maximum atomic E-state index is 10.3. The highest BCUT2D eigenvalue weighted by Crippen LogP contribution is 2.24. The molecule has 0 saturated carbocycles. The van der Waals surface area contributed by atoms with E-state index in [0.29, 0.717) is 12.6 Å². The van der Waals surface area contributed by atoms with E-state index in [1.54, 1.807) is 7.11 Å². The van der Waals surface area contributed by atoms with Gasteiger partial charge < -0.3 is 15.2 Å². The molecule has 0 aliphatic heterocycles. The Balaban J connectivity index is 1.87. The first kappa shape index (κ1) is 15.5. The summed E-state index contributed by atoms with van der Waals surface area (Å²) in [6.07, 6.45) is 0.374. The van der Waals surface area contributed by atoms with Crippen LogP contribution in [0.3, 0.4) is 0 Å². The predicted molar refractivity (Wildman–Crippen MR) is 85.6 cm³/mol. The summed E-state index contributed by atoms with van der Waals surface area (Å²) in [5.41, 5.74) is 2.11. The molecule has 112 valence electrons. The zero-order chi connectivity index (χ0) is 15.1. The molecule has 2 rings (SSSR count). The highest BCUT2D eigenvalue weighted by Gasteiger charge is 2.13. The molecular formula is C18H23NO2. The van der Waals surface area contributed by atoms with Gasteiger partial charge in [0.1, 0.15) is 5.75 Å². The Labute approximate surface area is 126 Å². The van der Waals surface area contributed by atoms with E-state index in [2.05, 4.69) is 24.4 Å². The van der Waals surface area contributed by atoms with Crippen LogP contribution < -0.4 is 10.1 Å². The number of ether oxygens (including phenoxy) is 1. The number of aliphatic hydroxyl groups excluding tert-OH is 1. The van der Waals surface area contributed by atoms with Crippen molar-refractivity contribution in [1.82, 2.24) is 5.32 Å². The van der Waals surface area contributed by atoms with Gasteiger partial charge in [-0.2, -0.15) is 0 Å². The molecule has 0 fully saturated rings. The van der Waals surface area contributed by atoms with E-state index in [0.717, 1.165) is 17.7 Å². The van der Waals surface area contributed by atoms with Gasteiger partial charge >= 0.3 is 0 Å². The maximum absolute atomic E-state index is 10.3. The molecule has 0 bridgehead atoms. The van der Waals surface area contributed by atoms with Crippen LogP contribution >= 0.6 is 0 Å². The molecule has 2 aromatic rings. The van der Waals surface area contributed by atoms with Gasteiger partial charge in [0.15, 0.2) is 0 Å². The van der Waals surface area contributed by atoms with Gasteiger partial charge in [0, 0.05) is 18.2 Å². The lowest BCUT2D eigenvalue weighted by atomic mass is 10.1. The Bertz CT molecular complexity index is 542. The van der Waals surface area contributed by atoms with Crippen molar-refractivity contribution in [3.05, 3.63) is 65.7 Å². The molecule has 0 aliphatic rings. The smallest absolute Gasteiger partial charge is 0.124 e. The first-order chi connectivity index (χ1) is 10.2. The lowest BCUT2D eigenvalue weighted by molar-refractivity contribution is 0.166. The van der Waals surface area contributed by atoms with Crippen LogP contribution in [0, 0.1) is 0 Å². The van der Waals surface area contributed by atoms with Gasteiger partial charge in [0.05, 0.1) is 13.2 Å². The van der Waals surface area contributed by atoms with E-state index in [4.69, 9.17) is 4.74 Å². The van der Waals surface area contributed by atoms with E-state index in [9.17, 15) is 5.11 Å². The van der Waals surface area contributed by atoms with Gasteiger partial charge in [0.25, 0.3) is 0 Å². The third-order valence-electron chi connectivity index (χ3n) is 3.54. The van der Waals surface area contributed by atoms with Crippen molar-refractivity contribution < 1.29 is 9.84 Å². The van der Waals surface area contributed by atoms with Crippen LogP contribution in [0.15, 0.2) is 54.6 Å². The molecular weight excluding hydrogens is 262 g/mol. The second kappa shape index (κ2) is 7.81. The quantitative estimate of drug-likeness (QED) is 0.822. The summed E-state index contributed by atoms with van der Waals surface area (Å²) in [6.45, 7) is 2.64. The van der Waals surface area contributed by atoms with Crippen LogP contribution in [0.4, 0.5) is 0 Å². The summed E-state index contributed by atoms with van der Waals surface area (Å²) in [4.78, 5) is 0. The fourth-order valence-electron chi connectivity index (χ4n) is 2.40. The molecule has 3 heteroatoms. The summed E-state index contributed by atoms with van der Waals surface area (Å²) in [5, 5.41) is 13.7. The molecule has 0 radical (unpaired) electrons. The standard InChI is InChI=1S/C18H23NO2/c1-14(12-15-8-4-3-5-9-15)19-13-17(20)16-10-6-7-11-18(16)21-2/h3-11,14,17,19-20H,12-13H2,1-2H3/t14-,17+/m1/s1. The molecule has 2 atom stereocenters. The first-order valence-electron chi connectivity index (χ1n) is 7.29. The number of para-hydroxylation sites is 1. The molecule has 2 aromatic carbocycles. The molecule has 0 amide bonds. The fraction of sp³-hybridized carbons (Fsp3) is 0.333. The molecule has 21 heavy (non-hydrogen) atoms. The van der Waals surface area contributed by atoms with E-state index in [1.807, 2.05) is 42.5 Å². The van der Waals surface area contributed by atoms with Gasteiger partial charge in [0.2, 0.25) is 0 Å². The Morgan fingerprint density at radius 1 is 1.05 bits per heavy atom. The topological polar surface area (TPSA) is 41.5 Å². The minimum absolute atomic E-state index is 0.303. The lowest BCUT2D eigenvalue weighted by Gasteiger charge is -2.19. The summed E-state index contributed by atoms with van der Waals surface area (Å²) in [7, 11) is 1.62. The molecule has 0 spiro atoms. The second-order valence-electron chi connectivity index (χ2n) is 5.26. The molecule has 0 saturated heterocycles. The zero-order valence-corrected chi connectivity index (χ0v) is 12.6. The Hall–Kier alpha value is -1.84. The van der Waals surface area contributed by atoms with E-state index in [-0.39, 0.29) is 0 Å². The van der Waals surface area contributed by atoms with Gasteiger partial charge in [-0.1, -0.05) is 48.5 Å². The van der Waals surface area contributed by atoms with Crippen LogP contribution in [-0.2, 0) is 6.42 Å². The highest BCUT2D eigenvalue weighted by atomic mass is 16.5. The van der Waals surface area contributed by atoms with Crippen LogP contribution in [0.25, 0.3) is 0 Å². The number of benzene rings is 2. The van der Waals surface area contributed by atoms with Crippen LogP contribution in [0.5, 0.6) is 5.75 Å². The number of hydrogen-bond acceptors (Lipinski definition) is 3. The van der Waals surface area contributed by atoms with Crippen molar-refractivity contribution in [2.24, 2.45) is 0 Å². The van der Waals surface area contributed by atoms with Gasteiger partial charge in [-0.05, 0) is 25.0 Å². The Kier molecular flexibility index (Phi) is 5.78. The van der Waals surface area contributed by atoms with Gasteiger partial charge in [-0.3, -0.25) is 0 Å². The fourth-order valence-corrected chi connectivity index (χ4v) is 2.40. The summed E-state index contributed by atoms with van der Waals surface area (Å²) < 4.78 is 5.28. The van der Waals surface area contributed by atoms with Crippen molar-refractivity contribution in [2.45, 2.75) is 25.5 Å². The van der Waals surface area contributed by atoms with Gasteiger partial charge in [-0.25, -0.2) is 0 Å². The minimum Gasteiger partial charge on any atom is -0.496 e. The third-order valence-corrected chi connectivity index (χ3v) is 3.54.